The van der Waals surface area contributed by atoms with Crippen molar-refractivity contribution in [1.29, 1.82) is 0 Å². The van der Waals surface area contributed by atoms with Gasteiger partial charge in [0.15, 0.2) is 0 Å². The van der Waals surface area contributed by atoms with Crippen LogP contribution < -0.4 is 10.1 Å². The van der Waals surface area contributed by atoms with Crippen molar-refractivity contribution in [2.75, 3.05) is 6.54 Å². The molecular formula is C23H23N3O2. The normalized spacial score (nSPS) is 11.0. The maximum absolute atomic E-state index is 12.3. The molecule has 1 N–H and O–H groups in total. The summed E-state index contributed by atoms with van der Waals surface area (Å²) in [5.41, 5.74) is 1.80. The first kappa shape index (κ1) is 18.0. The third-order valence-electron chi connectivity index (χ3n) is 4.71. The van der Waals surface area contributed by atoms with Gasteiger partial charge in [0.25, 0.3) is 0 Å². The maximum atomic E-state index is 12.3. The Morgan fingerprint density at radius 3 is 2.71 bits per heavy atom. The number of aromatic nitrogens is 2. The van der Waals surface area contributed by atoms with Crippen LogP contribution in [0.15, 0.2) is 66.7 Å². The molecule has 0 spiro atoms. The zero-order chi connectivity index (χ0) is 19.3. The molecule has 4 rings (SSSR count). The van der Waals surface area contributed by atoms with Crippen LogP contribution in [0.1, 0.15) is 19.2 Å². The number of nitrogens with one attached hydrogen (secondary N) is 1. The Hall–Kier alpha value is -3.34. The molecule has 0 saturated heterocycles. The Morgan fingerprint density at radius 1 is 1.04 bits per heavy atom. The predicted octanol–water partition coefficient (Wildman–Crippen LogP) is 4.29. The molecule has 3 aromatic carbocycles. The summed E-state index contributed by atoms with van der Waals surface area (Å²) in [5, 5.41) is 5.13. The largest absolute Gasteiger partial charge is 0.485 e. The highest BCUT2D eigenvalue weighted by atomic mass is 16.5. The topological polar surface area (TPSA) is 56.2 Å². The summed E-state index contributed by atoms with van der Waals surface area (Å²) in [7, 11) is 0. The Labute approximate surface area is 164 Å². The number of rotatable bonds is 7. The first-order chi connectivity index (χ1) is 13.8. The molecule has 4 aromatic rings. The van der Waals surface area contributed by atoms with Gasteiger partial charge in [-0.05, 0) is 30.0 Å². The summed E-state index contributed by atoms with van der Waals surface area (Å²) in [6, 6.07) is 22.0. The number of carbonyl (C=O) groups excluding carboxylic acids is 1. The van der Waals surface area contributed by atoms with E-state index >= 15 is 0 Å². The van der Waals surface area contributed by atoms with Crippen molar-refractivity contribution in [3.63, 3.8) is 0 Å². The van der Waals surface area contributed by atoms with E-state index in [1.807, 2.05) is 66.1 Å². The molecule has 28 heavy (non-hydrogen) atoms. The van der Waals surface area contributed by atoms with Crippen molar-refractivity contribution >= 4 is 27.7 Å². The molecule has 1 aromatic heterocycles. The minimum Gasteiger partial charge on any atom is -0.485 e. The monoisotopic (exact) mass is 373 g/mol. The van der Waals surface area contributed by atoms with E-state index in [0.717, 1.165) is 39.8 Å². The Bertz CT molecular complexity index is 1110. The average molecular weight is 373 g/mol. The molecule has 1 amide bonds. The van der Waals surface area contributed by atoms with Gasteiger partial charge in [0.2, 0.25) is 5.91 Å². The summed E-state index contributed by atoms with van der Waals surface area (Å²) in [6.45, 7) is 3.24. The van der Waals surface area contributed by atoms with E-state index in [4.69, 9.17) is 9.72 Å². The van der Waals surface area contributed by atoms with Gasteiger partial charge in [-0.2, -0.15) is 0 Å². The highest BCUT2D eigenvalue weighted by Gasteiger charge is 2.14. The molecule has 5 heteroatoms. The van der Waals surface area contributed by atoms with Gasteiger partial charge in [0.1, 0.15) is 24.7 Å². The van der Waals surface area contributed by atoms with Gasteiger partial charge in [-0.15, -0.1) is 0 Å². The van der Waals surface area contributed by atoms with Crippen LogP contribution in [0.4, 0.5) is 0 Å². The van der Waals surface area contributed by atoms with Gasteiger partial charge in [-0.25, -0.2) is 4.98 Å². The molecule has 142 valence electrons. The summed E-state index contributed by atoms with van der Waals surface area (Å²) in [5.74, 6) is 1.53. The van der Waals surface area contributed by atoms with E-state index in [2.05, 4.69) is 17.4 Å². The molecular weight excluding hydrogens is 350 g/mol. The zero-order valence-electron chi connectivity index (χ0n) is 15.9. The quantitative estimate of drug-likeness (QED) is 0.526. The lowest BCUT2D eigenvalue weighted by Gasteiger charge is -2.12. The van der Waals surface area contributed by atoms with Crippen molar-refractivity contribution in [1.82, 2.24) is 14.9 Å². The fourth-order valence-corrected chi connectivity index (χ4v) is 3.34. The summed E-state index contributed by atoms with van der Waals surface area (Å²) < 4.78 is 8.06. The number of amides is 1. The SMILES string of the molecule is CCCNC(=O)Cn1c(COc2cccc3ccccc23)nc2ccccc21. The maximum Gasteiger partial charge on any atom is 0.240 e. The lowest BCUT2D eigenvalue weighted by Crippen LogP contribution is -2.28. The molecule has 0 unspecified atom stereocenters. The Kier molecular flexibility index (Phi) is 5.24. The van der Waals surface area contributed by atoms with Crippen LogP contribution >= 0.6 is 0 Å². The third-order valence-corrected chi connectivity index (χ3v) is 4.71. The first-order valence-corrected chi connectivity index (χ1v) is 9.57. The number of benzene rings is 3. The summed E-state index contributed by atoms with van der Waals surface area (Å²) >= 11 is 0. The van der Waals surface area contributed by atoms with E-state index in [9.17, 15) is 4.79 Å². The number of para-hydroxylation sites is 2. The standard InChI is InChI=1S/C23H23N3O2/c1-2-14-24-23(27)15-26-20-12-6-5-11-19(20)25-22(26)16-28-21-13-7-9-17-8-3-4-10-18(17)21/h3-13H,2,14-16H2,1H3,(H,24,27). The number of carbonyl (C=O) groups is 1. The van der Waals surface area contributed by atoms with Gasteiger partial charge in [-0.3, -0.25) is 4.79 Å². The molecule has 0 saturated carbocycles. The fourth-order valence-electron chi connectivity index (χ4n) is 3.34. The minimum absolute atomic E-state index is 0.0172. The van der Waals surface area contributed by atoms with E-state index in [1.165, 1.54) is 0 Å². The van der Waals surface area contributed by atoms with Crippen LogP contribution in [0.5, 0.6) is 5.75 Å². The van der Waals surface area contributed by atoms with Gasteiger partial charge in [-0.1, -0.05) is 55.5 Å². The molecule has 0 aliphatic heterocycles. The van der Waals surface area contributed by atoms with Crippen LogP contribution in [-0.2, 0) is 17.9 Å². The zero-order valence-corrected chi connectivity index (χ0v) is 15.9. The van der Waals surface area contributed by atoms with Crippen molar-refractivity contribution in [3.05, 3.63) is 72.6 Å². The van der Waals surface area contributed by atoms with Crippen molar-refractivity contribution in [2.45, 2.75) is 26.5 Å². The number of ether oxygens (including phenoxy) is 1. The van der Waals surface area contributed by atoms with Crippen LogP contribution in [-0.4, -0.2) is 22.0 Å². The van der Waals surface area contributed by atoms with Crippen LogP contribution in [0, 0.1) is 0 Å². The molecule has 0 fully saturated rings. The molecule has 0 aliphatic carbocycles. The summed E-state index contributed by atoms with van der Waals surface area (Å²) in [4.78, 5) is 17.0. The molecule has 0 aliphatic rings. The number of nitrogens with zero attached hydrogens (tertiary/aromatic N) is 2. The highest BCUT2D eigenvalue weighted by Crippen LogP contribution is 2.26. The summed E-state index contributed by atoms with van der Waals surface area (Å²) in [6.07, 6.45) is 0.910. The Balaban J connectivity index is 1.62. The molecule has 0 bridgehead atoms. The number of hydrogen-bond acceptors (Lipinski definition) is 3. The highest BCUT2D eigenvalue weighted by molar-refractivity contribution is 5.88. The molecule has 0 radical (unpaired) electrons. The van der Waals surface area contributed by atoms with Gasteiger partial charge >= 0.3 is 0 Å². The molecule has 0 atom stereocenters. The number of imidazole rings is 1. The first-order valence-electron chi connectivity index (χ1n) is 9.57. The second-order valence-electron chi connectivity index (χ2n) is 6.72. The van der Waals surface area contributed by atoms with Crippen molar-refractivity contribution < 1.29 is 9.53 Å². The Morgan fingerprint density at radius 2 is 1.82 bits per heavy atom. The van der Waals surface area contributed by atoms with Crippen molar-refractivity contribution in [2.24, 2.45) is 0 Å². The van der Waals surface area contributed by atoms with Gasteiger partial charge < -0.3 is 14.6 Å². The predicted molar refractivity (Wildman–Crippen MR) is 111 cm³/mol. The third kappa shape index (κ3) is 3.69. The molecule has 5 nitrogen and oxygen atoms in total. The number of hydrogen-bond donors (Lipinski definition) is 1. The van der Waals surface area contributed by atoms with Gasteiger partial charge in [0, 0.05) is 11.9 Å². The fraction of sp³-hybridized carbons (Fsp3) is 0.217. The van der Waals surface area contributed by atoms with E-state index in [0.29, 0.717) is 13.2 Å². The number of fused-ring (bicyclic) bond motifs is 2. The minimum atomic E-state index is -0.0172. The van der Waals surface area contributed by atoms with Crippen molar-refractivity contribution in [3.8, 4) is 5.75 Å². The van der Waals surface area contributed by atoms with Crippen LogP contribution in [0.3, 0.4) is 0 Å². The second kappa shape index (κ2) is 8.13. The second-order valence-corrected chi connectivity index (χ2v) is 6.72. The van der Waals surface area contributed by atoms with E-state index in [-0.39, 0.29) is 12.5 Å². The van der Waals surface area contributed by atoms with E-state index in [1.54, 1.807) is 0 Å². The van der Waals surface area contributed by atoms with E-state index < -0.39 is 0 Å². The van der Waals surface area contributed by atoms with Gasteiger partial charge in [0.05, 0.1) is 11.0 Å². The average Bonchev–Trinajstić information content (AvgIpc) is 3.08. The lowest BCUT2D eigenvalue weighted by atomic mass is 10.1. The molecule has 1 heterocycles. The smallest absolute Gasteiger partial charge is 0.240 e. The van der Waals surface area contributed by atoms with Crippen LogP contribution in [0.25, 0.3) is 21.8 Å². The van der Waals surface area contributed by atoms with Crippen LogP contribution in [0.2, 0.25) is 0 Å². The lowest BCUT2D eigenvalue weighted by molar-refractivity contribution is -0.121.